The zero-order chi connectivity index (χ0) is 15.2. The van der Waals surface area contributed by atoms with Gasteiger partial charge in [-0.3, -0.25) is 0 Å². The van der Waals surface area contributed by atoms with E-state index in [-0.39, 0.29) is 113 Å². The van der Waals surface area contributed by atoms with E-state index in [2.05, 4.69) is 0 Å². The molecule has 0 fully saturated rings. The van der Waals surface area contributed by atoms with Crippen molar-refractivity contribution in [2.45, 2.75) is 9.79 Å². The summed E-state index contributed by atoms with van der Waals surface area (Å²) in [5.41, 5.74) is 0. The predicted octanol–water partition coefficient (Wildman–Crippen LogP) is -4.81. The van der Waals surface area contributed by atoms with Crippen molar-refractivity contribution >= 4 is 20.2 Å². The second-order valence-electron chi connectivity index (χ2n) is 3.53. The first kappa shape index (κ1) is 25.8. The molecule has 0 amide bonds. The van der Waals surface area contributed by atoms with Gasteiger partial charge in [0, 0.05) is 0 Å². The van der Waals surface area contributed by atoms with Crippen LogP contribution in [0.15, 0.2) is 70.5 Å². The first-order valence-electron chi connectivity index (χ1n) is 5.23. The zero-order valence-corrected chi connectivity index (χ0v) is 19.9. The second-order valence-corrected chi connectivity index (χ2v) is 6.29. The number of rotatable bonds is 2. The maximum atomic E-state index is 10.3. The molecule has 0 spiro atoms. The summed E-state index contributed by atoms with van der Waals surface area (Å²) in [6, 6.07) is 14.4. The topological polar surface area (TPSA) is 114 Å². The molecule has 6 nitrogen and oxygen atoms in total. The van der Waals surface area contributed by atoms with Gasteiger partial charge in [-0.15, -0.1) is 0 Å². The summed E-state index contributed by atoms with van der Waals surface area (Å²) in [7, 11) is -8.51. The molecule has 10 heteroatoms. The van der Waals surface area contributed by atoms with Gasteiger partial charge in [0.25, 0.3) is 0 Å². The quantitative estimate of drug-likeness (QED) is 0.374. The van der Waals surface area contributed by atoms with Gasteiger partial charge in [-0.1, -0.05) is 36.4 Å². The molecule has 2 rings (SSSR count). The fraction of sp³-hybridized carbons (Fsp3) is 0. The van der Waals surface area contributed by atoms with E-state index in [1.807, 2.05) is 0 Å². The SMILES string of the molecule is O=S(=O)([O-])c1ccccc1.O=S(=O)([O-])c1ccccc1.[K+].[K+]. The van der Waals surface area contributed by atoms with E-state index < -0.39 is 20.2 Å². The van der Waals surface area contributed by atoms with Crippen LogP contribution in [0.25, 0.3) is 0 Å². The van der Waals surface area contributed by atoms with Crippen LogP contribution in [-0.2, 0) is 20.2 Å². The molecule has 0 saturated carbocycles. The summed E-state index contributed by atoms with van der Waals surface area (Å²) >= 11 is 0. The predicted molar refractivity (Wildman–Crippen MR) is 68.8 cm³/mol. The molecular weight excluding hydrogens is 382 g/mol. The summed E-state index contributed by atoms with van der Waals surface area (Å²) in [4.78, 5) is -0.370. The van der Waals surface area contributed by atoms with Crippen LogP contribution >= 0.6 is 0 Å². The van der Waals surface area contributed by atoms with E-state index in [0.717, 1.165) is 0 Å². The van der Waals surface area contributed by atoms with E-state index in [9.17, 15) is 25.9 Å². The van der Waals surface area contributed by atoms with Gasteiger partial charge in [-0.2, -0.15) is 0 Å². The van der Waals surface area contributed by atoms with Gasteiger partial charge in [0.15, 0.2) is 0 Å². The Labute approximate surface area is 215 Å². The number of hydrogen-bond donors (Lipinski definition) is 0. The first-order valence-corrected chi connectivity index (χ1v) is 8.05. The third kappa shape index (κ3) is 10.4. The normalized spacial score (nSPS) is 10.3. The van der Waals surface area contributed by atoms with Crippen LogP contribution in [0.3, 0.4) is 0 Å². The molecule has 2 aromatic rings. The smallest absolute Gasteiger partial charge is 0.744 e. The van der Waals surface area contributed by atoms with Crippen LogP contribution in [-0.4, -0.2) is 25.9 Å². The molecule has 0 unspecified atom stereocenters. The minimum absolute atomic E-state index is 0. The maximum Gasteiger partial charge on any atom is 1.00 e. The van der Waals surface area contributed by atoms with E-state index in [0.29, 0.717) is 0 Å². The Kier molecular flexibility index (Phi) is 14.0. The third-order valence-electron chi connectivity index (χ3n) is 2.06. The molecule has 0 aliphatic rings. The minimum atomic E-state index is -4.25. The molecule has 2 aromatic carbocycles. The third-order valence-corrected chi connectivity index (χ3v) is 3.76. The van der Waals surface area contributed by atoms with E-state index in [1.165, 1.54) is 48.5 Å². The Morgan fingerprint density at radius 2 is 0.773 bits per heavy atom. The molecule has 0 atom stereocenters. The Balaban J connectivity index is 0. The van der Waals surface area contributed by atoms with Crippen LogP contribution in [0.5, 0.6) is 0 Å². The average Bonchev–Trinajstić information content (AvgIpc) is 2.40. The summed E-state index contributed by atoms with van der Waals surface area (Å²) < 4.78 is 61.7. The average molecular weight is 393 g/mol. The molecule has 0 N–H and O–H groups in total. The standard InChI is InChI=1S/2C6H6O3S.2K/c2*7-10(8,9)6-4-2-1-3-5-6;;/h2*1-5H,(H,7,8,9);;/q;;2*+1/p-2. The monoisotopic (exact) mass is 392 g/mol. The van der Waals surface area contributed by atoms with E-state index in [4.69, 9.17) is 0 Å². The van der Waals surface area contributed by atoms with Crippen molar-refractivity contribution in [3.8, 4) is 0 Å². The van der Waals surface area contributed by atoms with Crippen molar-refractivity contribution in [3.05, 3.63) is 60.7 Å². The van der Waals surface area contributed by atoms with Crippen LogP contribution in [0.1, 0.15) is 0 Å². The zero-order valence-electron chi connectivity index (χ0n) is 12.0. The molecule has 0 bridgehead atoms. The van der Waals surface area contributed by atoms with Gasteiger partial charge < -0.3 is 9.11 Å². The fourth-order valence-corrected chi connectivity index (χ4v) is 2.16. The molecule has 0 heterocycles. The molecular formula is C12H10K2O6S2. The van der Waals surface area contributed by atoms with Crippen molar-refractivity contribution in [1.29, 1.82) is 0 Å². The summed E-state index contributed by atoms with van der Waals surface area (Å²) in [5.74, 6) is 0. The first-order chi connectivity index (χ1) is 9.21. The Morgan fingerprint density at radius 1 is 0.545 bits per heavy atom. The van der Waals surface area contributed by atoms with E-state index in [1.54, 1.807) is 12.1 Å². The summed E-state index contributed by atoms with van der Waals surface area (Å²) in [6.07, 6.45) is 0. The van der Waals surface area contributed by atoms with Crippen LogP contribution in [0.2, 0.25) is 0 Å². The van der Waals surface area contributed by atoms with E-state index >= 15 is 0 Å². The maximum absolute atomic E-state index is 10.3. The van der Waals surface area contributed by atoms with Gasteiger partial charge in [0.1, 0.15) is 20.2 Å². The van der Waals surface area contributed by atoms with Gasteiger partial charge >= 0.3 is 103 Å². The number of hydrogen-bond acceptors (Lipinski definition) is 6. The van der Waals surface area contributed by atoms with Crippen molar-refractivity contribution in [1.82, 2.24) is 0 Å². The van der Waals surface area contributed by atoms with Crippen molar-refractivity contribution in [3.63, 3.8) is 0 Å². The molecule has 108 valence electrons. The van der Waals surface area contributed by atoms with Gasteiger partial charge in [0.05, 0.1) is 9.79 Å². The van der Waals surface area contributed by atoms with Gasteiger partial charge in [-0.05, 0) is 24.3 Å². The summed E-state index contributed by atoms with van der Waals surface area (Å²) in [5, 5.41) is 0. The van der Waals surface area contributed by atoms with Crippen LogP contribution < -0.4 is 103 Å². The van der Waals surface area contributed by atoms with Crippen LogP contribution in [0, 0.1) is 0 Å². The molecule has 22 heavy (non-hydrogen) atoms. The Hall–Kier alpha value is 1.53. The Morgan fingerprint density at radius 3 is 0.909 bits per heavy atom. The van der Waals surface area contributed by atoms with Crippen molar-refractivity contribution in [2.75, 3.05) is 0 Å². The number of benzene rings is 2. The Bertz CT molecular complexity index is 679. The molecule has 0 aromatic heterocycles. The largest absolute Gasteiger partial charge is 1.00 e. The fourth-order valence-electron chi connectivity index (χ4n) is 1.17. The molecule has 0 aliphatic heterocycles. The van der Waals surface area contributed by atoms with Crippen molar-refractivity contribution < 1.29 is 129 Å². The molecule has 0 radical (unpaired) electrons. The second kappa shape index (κ2) is 12.0. The van der Waals surface area contributed by atoms with Crippen LogP contribution in [0.4, 0.5) is 0 Å². The molecule has 0 saturated heterocycles. The van der Waals surface area contributed by atoms with Gasteiger partial charge in [0.2, 0.25) is 0 Å². The molecule has 0 aliphatic carbocycles. The minimum Gasteiger partial charge on any atom is -0.744 e. The van der Waals surface area contributed by atoms with Gasteiger partial charge in [-0.25, -0.2) is 16.8 Å². The van der Waals surface area contributed by atoms with Crippen molar-refractivity contribution in [2.24, 2.45) is 0 Å². The summed E-state index contributed by atoms with van der Waals surface area (Å²) in [6.45, 7) is 0.